The van der Waals surface area contributed by atoms with Gasteiger partial charge in [0.15, 0.2) is 22.6 Å². The third-order valence-electron chi connectivity index (χ3n) is 4.51. The lowest BCUT2D eigenvalue weighted by atomic mass is 10.1. The van der Waals surface area contributed by atoms with Crippen LogP contribution in [0.2, 0.25) is 0 Å². The van der Waals surface area contributed by atoms with E-state index in [9.17, 15) is 27.6 Å². The summed E-state index contributed by atoms with van der Waals surface area (Å²) in [4.78, 5) is 42.6. The maximum Gasteiger partial charge on any atom is 0.261 e. The SMILES string of the molecule is O=C(Nc1ncc(CCN2C(=O)c3ccccc3C2=O)s1)c1ccc(F)c(F)c1F. The summed E-state index contributed by atoms with van der Waals surface area (Å²) < 4.78 is 40.0. The van der Waals surface area contributed by atoms with E-state index in [1.165, 1.54) is 6.20 Å². The molecule has 2 aromatic carbocycles. The molecule has 3 aromatic rings. The Kier molecular flexibility index (Phi) is 5.08. The number of anilines is 1. The van der Waals surface area contributed by atoms with Crippen molar-refractivity contribution >= 4 is 34.2 Å². The Bertz CT molecular complexity index is 1160. The Labute approximate surface area is 172 Å². The Balaban J connectivity index is 1.41. The van der Waals surface area contributed by atoms with Crippen molar-refractivity contribution in [2.45, 2.75) is 6.42 Å². The minimum absolute atomic E-state index is 0.112. The first-order valence-corrected chi connectivity index (χ1v) is 9.53. The van der Waals surface area contributed by atoms with Crippen LogP contribution in [0.4, 0.5) is 18.3 Å². The Morgan fingerprint density at radius 1 is 1.00 bits per heavy atom. The lowest BCUT2D eigenvalue weighted by Gasteiger charge is -2.12. The van der Waals surface area contributed by atoms with Crippen molar-refractivity contribution in [3.05, 3.63) is 81.6 Å². The number of fused-ring (bicyclic) bond motifs is 1. The second-order valence-corrected chi connectivity index (χ2v) is 7.48. The highest BCUT2D eigenvalue weighted by Crippen LogP contribution is 2.25. The third kappa shape index (κ3) is 3.45. The van der Waals surface area contributed by atoms with Gasteiger partial charge in [0.1, 0.15) is 0 Å². The molecule has 1 aliphatic rings. The number of carbonyl (C=O) groups excluding carboxylic acids is 3. The lowest BCUT2D eigenvalue weighted by molar-refractivity contribution is 0.0656. The standard InChI is InChI=1S/C20H12F3N3O3S/c21-14-6-5-13(15(22)16(14)23)17(27)25-20-24-9-10(30-20)7-8-26-18(28)11-3-1-2-4-12(11)19(26)29/h1-6,9H,7-8H2,(H,24,25,27). The normalized spacial score (nSPS) is 13.0. The van der Waals surface area contributed by atoms with Crippen LogP contribution in [-0.2, 0) is 6.42 Å². The molecule has 0 atom stereocenters. The summed E-state index contributed by atoms with van der Waals surface area (Å²) in [6, 6.07) is 8.03. The van der Waals surface area contributed by atoms with Crippen molar-refractivity contribution in [3.63, 3.8) is 0 Å². The van der Waals surface area contributed by atoms with Crippen LogP contribution in [0.1, 0.15) is 36.0 Å². The number of benzene rings is 2. The van der Waals surface area contributed by atoms with Gasteiger partial charge in [-0.3, -0.25) is 24.6 Å². The second-order valence-electron chi connectivity index (χ2n) is 6.37. The van der Waals surface area contributed by atoms with E-state index in [-0.39, 0.29) is 23.5 Å². The number of carbonyl (C=O) groups is 3. The molecule has 0 fully saturated rings. The average Bonchev–Trinajstić information content (AvgIpc) is 3.27. The zero-order valence-corrected chi connectivity index (χ0v) is 15.9. The number of hydrogen-bond acceptors (Lipinski definition) is 5. The van der Waals surface area contributed by atoms with E-state index in [2.05, 4.69) is 10.3 Å². The first-order valence-electron chi connectivity index (χ1n) is 8.71. The zero-order chi connectivity index (χ0) is 21.4. The van der Waals surface area contributed by atoms with Crippen molar-refractivity contribution in [1.29, 1.82) is 0 Å². The molecule has 1 N–H and O–H groups in total. The number of nitrogens with one attached hydrogen (secondary N) is 1. The quantitative estimate of drug-likeness (QED) is 0.494. The first kappa shape index (κ1) is 19.8. The van der Waals surface area contributed by atoms with Gasteiger partial charge in [0, 0.05) is 24.0 Å². The van der Waals surface area contributed by atoms with Crippen LogP contribution in [0.25, 0.3) is 0 Å². The van der Waals surface area contributed by atoms with E-state index in [0.29, 0.717) is 28.5 Å². The predicted molar refractivity (Wildman–Crippen MR) is 102 cm³/mol. The molecule has 1 aromatic heterocycles. The highest BCUT2D eigenvalue weighted by molar-refractivity contribution is 7.15. The van der Waals surface area contributed by atoms with Gasteiger partial charge < -0.3 is 0 Å². The van der Waals surface area contributed by atoms with E-state index in [4.69, 9.17) is 0 Å². The van der Waals surface area contributed by atoms with Gasteiger partial charge in [0.05, 0.1) is 16.7 Å². The number of halogens is 3. The summed E-state index contributed by atoms with van der Waals surface area (Å²) in [5.41, 5.74) is 0.0540. The van der Waals surface area contributed by atoms with E-state index in [1.54, 1.807) is 24.3 Å². The molecule has 0 bridgehead atoms. The summed E-state index contributed by atoms with van der Waals surface area (Å²) in [5, 5.41) is 2.43. The number of imide groups is 1. The van der Waals surface area contributed by atoms with Gasteiger partial charge >= 0.3 is 0 Å². The molecule has 0 spiro atoms. The smallest absolute Gasteiger partial charge is 0.261 e. The van der Waals surface area contributed by atoms with Crippen LogP contribution in [0.15, 0.2) is 42.6 Å². The topological polar surface area (TPSA) is 79.4 Å². The van der Waals surface area contributed by atoms with Crippen LogP contribution in [-0.4, -0.2) is 34.2 Å². The summed E-state index contributed by atoms with van der Waals surface area (Å²) in [7, 11) is 0. The van der Waals surface area contributed by atoms with Crippen molar-refractivity contribution in [3.8, 4) is 0 Å². The number of aromatic nitrogens is 1. The first-order chi connectivity index (χ1) is 14.4. The molecule has 0 radical (unpaired) electrons. The third-order valence-corrected chi connectivity index (χ3v) is 5.49. The van der Waals surface area contributed by atoms with Gasteiger partial charge in [-0.1, -0.05) is 12.1 Å². The molecular formula is C20H12F3N3O3S. The maximum absolute atomic E-state index is 13.7. The van der Waals surface area contributed by atoms with Crippen LogP contribution < -0.4 is 5.32 Å². The molecule has 4 rings (SSSR count). The van der Waals surface area contributed by atoms with Crippen molar-refractivity contribution in [2.24, 2.45) is 0 Å². The number of thiazole rings is 1. The minimum Gasteiger partial charge on any atom is -0.298 e. The van der Waals surface area contributed by atoms with Crippen LogP contribution in [0.3, 0.4) is 0 Å². The molecule has 0 saturated heterocycles. The monoisotopic (exact) mass is 431 g/mol. The van der Waals surface area contributed by atoms with Gasteiger partial charge in [-0.15, -0.1) is 11.3 Å². The van der Waals surface area contributed by atoms with Gasteiger partial charge in [-0.2, -0.15) is 0 Å². The molecule has 30 heavy (non-hydrogen) atoms. The molecule has 0 saturated carbocycles. The summed E-state index contributed by atoms with van der Waals surface area (Å²) in [6.07, 6.45) is 1.75. The lowest BCUT2D eigenvalue weighted by Crippen LogP contribution is -2.31. The largest absolute Gasteiger partial charge is 0.298 e. The maximum atomic E-state index is 13.7. The highest BCUT2D eigenvalue weighted by Gasteiger charge is 2.34. The highest BCUT2D eigenvalue weighted by atomic mass is 32.1. The predicted octanol–water partition coefficient (Wildman–Crippen LogP) is 3.65. The van der Waals surface area contributed by atoms with Gasteiger partial charge in [-0.25, -0.2) is 18.2 Å². The number of nitrogens with zero attached hydrogens (tertiary/aromatic N) is 2. The van der Waals surface area contributed by atoms with E-state index >= 15 is 0 Å². The minimum atomic E-state index is -1.73. The van der Waals surface area contributed by atoms with Crippen molar-refractivity contribution < 1.29 is 27.6 Å². The molecule has 10 heteroatoms. The molecule has 2 heterocycles. The second kappa shape index (κ2) is 7.71. The van der Waals surface area contributed by atoms with Gasteiger partial charge in [-0.05, 0) is 24.3 Å². The fraction of sp³-hybridized carbons (Fsp3) is 0.100. The Morgan fingerprint density at radius 2 is 1.67 bits per heavy atom. The Morgan fingerprint density at radius 3 is 2.33 bits per heavy atom. The van der Waals surface area contributed by atoms with E-state index in [1.807, 2.05) is 0 Å². The van der Waals surface area contributed by atoms with Gasteiger partial charge in [0.25, 0.3) is 17.7 Å². The molecule has 0 unspecified atom stereocenters. The number of amides is 3. The van der Waals surface area contributed by atoms with E-state index < -0.39 is 28.9 Å². The van der Waals surface area contributed by atoms with Crippen LogP contribution in [0, 0.1) is 17.5 Å². The van der Waals surface area contributed by atoms with E-state index in [0.717, 1.165) is 22.3 Å². The molecule has 0 aliphatic carbocycles. The summed E-state index contributed by atoms with van der Waals surface area (Å²) >= 11 is 1.06. The summed E-state index contributed by atoms with van der Waals surface area (Å²) in [5.74, 6) is -6.44. The Hall–Kier alpha value is -3.53. The molecular weight excluding hydrogens is 419 g/mol. The molecule has 1 aliphatic heterocycles. The number of rotatable bonds is 5. The fourth-order valence-corrected chi connectivity index (χ4v) is 3.81. The van der Waals surface area contributed by atoms with Crippen molar-refractivity contribution in [1.82, 2.24) is 9.88 Å². The number of hydrogen-bond donors (Lipinski definition) is 1. The summed E-state index contributed by atoms with van der Waals surface area (Å²) in [6.45, 7) is 0.125. The molecule has 3 amide bonds. The van der Waals surface area contributed by atoms with Gasteiger partial charge in [0.2, 0.25) is 0 Å². The fourth-order valence-electron chi connectivity index (χ4n) is 3.01. The molecule has 152 valence electrons. The van der Waals surface area contributed by atoms with Crippen LogP contribution in [0.5, 0.6) is 0 Å². The van der Waals surface area contributed by atoms with Crippen LogP contribution >= 0.6 is 11.3 Å². The zero-order valence-electron chi connectivity index (χ0n) is 15.1. The average molecular weight is 431 g/mol. The molecule has 6 nitrogen and oxygen atoms in total. The van der Waals surface area contributed by atoms with Crippen molar-refractivity contribution in [2.75, 3.05) is 11.9 Å².